The van der Waals surface area contributed by atoms with Crippen molar-refractivity contribution in [2.24, 2.45) is 0 Å². The van der Waals surface area contributed by atoms with Crippen LogP contribution in [0.3, 0.4) is 0 Å². The molecule has 5 nitrogen and oxygen atoms in total. The molecule has 0 radical (unpaired) electrons. The summed E-state index contributed by atoms with van der Waals surface area (Å²) in [6.07, 6.45) is 1.47. The van der Waals surface area contributed by atoms with E-state index in [0.717, 1.165) is 36.6 Å². The average Bonchev–Trinajstić information content (AvgIpc) is 3.27. The third-order valence-corrected chi connectivity index (χ3v) is 5.49. The van der Waals surface area contributed by atoms with Crippen LogP contribution < -0.4 is 10.2 Å². The Morgan fingerprint density at radius 1 is 1.03 bits per heavy atom. The maximum absolute atomic E-state index is 12.9. The molecule has 2 heterocycles. The molecule has 4 rings (SSSR count). The highest BCUT2D eigenvalue weighted by Crippen LogP contribution is 2.25. The summed E-state index contributed by atoms with van der Waals surface area (Å²) < 4.78 is 2.16. The van der Waals surface area contributed by atoms with Crippen LogP contribution in [-0.4, -0.2) is 22.9 Å². The zero-order chi connectivity index (χ0) is 20.4. The molecule has 5 heteroatoms. The molecule has 148 valence electrons. The van der Waals surface area contributed by atoms with E-state index in [1.54, 1.807) is 4.90 Å². The van der Waals surface area contributed by atoms with Gasteiger partial charge in [0.15, 0.2) is 0 Å². The van der Waals surface area contributed by atoms with Gasteiger partial charge in [-0.05, 0) is 50.1 Å². The molecule has 0 bridgehead atoms. The second-order valence-corrected chi connectivity index (χ2v) is 7.51. The van der Waals surface area contributed by atoms with Gasteiger partial charge in [0.2, 0.25) is 5.91 Å². The van der Waals surface area contributed by atoms with E-state index in [1.807, 2.05) is 62.4 Å². The van der Waals surface area contributed by atoms with Gasteiger partial charge < -0.3 is 14.8 Å². The van der Waals surface area contributed by atoms with Gasteiger partial charge in [0.05, 0.1) is 5.56 Å². The Hall–Kier alpha value is -3.34. The number of nitrogens with zero attached hydrogens (tertiary/aromatic N) is 2. The molecule has 1 aliphatic heterocycles. The highest BCUT2D eigenvalue weighted by Gasteiger charge is 2.22. The Morgan fingerprint density at radius 3 is 2.55 bits per heavy atom. The average molecular weight is 387 g/mol. The van der Waals surface area contributed by atoms with E-state index in [2.05, 4.69) is 22.0 Å². The Balaban J connectivity index is 1.53. The standard InChI is InChI=1S/C24H25N3O2/c1-17-14-22(18(2)27(17)16-19-8-4-3-5-9-19)24(29)25-20-10-6-11-21(15-20)26-13-7-12-23(26)28/h3-6,8-11,14-15H,7,12-13,16H2,1-2H3,(H,25,29). The fourth-order valence-corrected chi connectivity index (χ4v) is 3.91. The highest BCUT2D eigenvalue weighted by molar-refractivity contribution is 6.06. The molecule has 1 N–H and O–H groups in total. The van der Waals surface area contributed by atoms with Crippen LogP contribution in [0.4, 0.5) is 11.4 Å². The lowest BCUT2D eigenvalue weighted by molar-refractivity contribution is -0.117. The van der Waals surface area contributed by atoms with Crippen molar-refractivity contribution in [3.05, 3.63) is 83.2 Å². The molecule has 0 saturated carbocycles. The Bertz CT molecular complexity index is 1050. The molecule has 0 atom stereocenters. The van der Waals surface area contributed by atoms with Crippen molar-refractivity contribution in [3.63, 3.8) is 0 Å². The Kier molecular flexibility index (Phi) is 5.21. The summed E-state index contributed by atoms with van der Waals surface area (Å²) in [6.45, 7) is 5.46. The Morgan fingerprint density at radius 2 is 1.83 bits per heavy atom. The monoisotopic (exact) mass is 387 g/mol. The second kappa shape index (κ2) is 7.95. The summed E-state index contributed by atoms with van der Waals surface area (Å²) >= 11 is 0. The van der Waals surface area contributed by atoms with E-state index in [0.29, 0.717) is 17.7 Å². The normalized spacial score (nSPS) is 13.7. The molecule has 0 aliphatic carbocycles. The van der Waals surface area contributed by atoms with Crippen molar-refractivity contribution < 1.29 is 9.59 Å². The number of anilines is 2. The number of benzene rings is 2. The zero-order valence-electron chi connectivity index (χ0n) is 16.8. The Labute approximate surface area is 171 Å². The summed E-state index contributed by atoms with van der Waals surface area (Å²) in [4.78, 5) is 26.7. The fourth-order valence-electron chi connectivity index (χ4n) is 3.91. The number of aryl methyl sites for hydroxylation is 1. The molecule has 29 heavy (non-hydrogen) atoms. The molecule has 2 aromatic carbocycles. The van der Waals surface area contributed by atoms with Gasteiger partial charge in [0, 0.05) is 42.3 Å². The minimum absolute atomic E-state index is 0.137. The first-order chi connectivity index (χ1) is 14.0. The number of rotatable bonds is 5. The van der Waals surface area contributed by atoms with Crippen LogP contribution in [0, 0.1) is 13.8 Å². The number of aromatic nitrogens is 1. The van der Waals surface area contributed by atoms with Crippen molar-refractivity contribution in [2.75, 3.05) is 16.8 Å². The molecular weight excluding hydrogens is 362 g/mol. The van der Waals surface area contributed by atoms with Gasteiger partial charge in [-0.1, -0.05) is 36.4 Å². The first-order valence-corrected chi connectivity index (χ1v) is 9.95. The van der Waals surface area contributed by atoms with E-state index in [4.69, 9.17) is 0 Å². The quantitative estimate of drug-likeness (QED) is 0.699. The molecule has 3 aromatic rings. The summed E-state index contributed by atoms with van der Waals surface area (Å²) in [7, 11) is 0. The van der Waals surface area contributed by atoms with E-state index < -0.39 is 0 Å². The van der Waals surface area contributed by atoms with Gasteiger partial charge in [-0.15, -0.1) is 0 Å². The van der Waals surface area contributed by atoms with Crippen molar-refractivity contribution >= 4 is 23.2 Å². The predicted octanol–water partition coefficient (Wildman–Crippen LogP) is 4.53. The summed E-state index contributed by atoms with van der Waals surface area (Å²) in [5, 5.41) is 2.99. The molecular formula is C24H25N3O2. The maximum atomic E-state index is 12.9. The van der Waals surface area contributed by atoms with Crippen molar-refractivity contribution in [2.45, 2.75) is 33.2 Å². The predicted molar refractivity (Wildman–Crippen MR) is 115 cm³/mol. The van der Waals surface area contributed by atoms with E-state index in [-0.39, 0.29) is 11.8 Å². The van der Waals surface area contributed by atoms with Crippen molar-refractivity contribution in [1.29, 1.82) is 0 Å². The largest absolute Gasteiger partial charge is 0.344 e. The van der Waals surface area contributed by atoms with Gasteiger partial charge in [0.25, 0.3) is 5.91 Å². The van der Waals surface area contributed by atoms with Gasteiger partial charge in [-0.25, -0.2) is 0 Å². The van der Waals surface area contributed by atoms with E-state index in [9.17, 15) is 9.59 Å². The lowest BCUT2D eigenvalue weighted by Crippen LogP contribution is -2.23. The number of hydrogen-bond acceptors (Lipinski definition) is 2. The molecule has 1 saturated heterocycles. The number of hydrogen-bond donors (Lipinski definition) is 1. The molecule has 0 unspecified atom stereocenters. The van der Waals surface area contributed by atoms with Crippen LogP contribution in [0.25, 0.3) is 0 Å². The lowest BCUT2D eigenvalue weighted by Gasteiger charge is -2.17. The fraction of sp³-hybridized carbons (Fsp3) is 0.250. The van der Waals surface area contributed by atoms with Gasteiger partial charge in [-0.3, -0.25) is 9.59 Å². The summed E-state index contributed by atoms with van der Waals surface area (Å²) in [6, 6.07) is 19.6. The zero-order valence-corrected chi connectivity index (χ0v) is 16.8. The molecule has 1 fully saturated rings. The first kappa shape index (κ1) is 19.0. The highest BCUT2D eigenvalue weighted by atomic mass is 16.2. The third kappa shape index (κ3) is 3.94. The molecule has 2 amide bonds. The van der Waals surface area contributed by atoms with Gasteiger partial charge >= 0.3 is 0 Å². The molecule has 1 aromatic heterocycles. The lowest BCUT2D eigenvalue weighted by atomic mass is 10.2. The van der Waals surface area contributed by atoms with Gasteiger partial charge in [-0.2, -0.15) is 0 Å². The van der Waals surface area contributed by atoms with E-state index >= 15 is 0 Å². The SMILES string of the molecule is Cc1cc(C(=O)Nc2cccc(N3CCCC3=O)c2)c(C)n1Cc1ccccc1. The second-order valence-electron chi connectivity index (χ2n) is 7.51. The molecule has 1 aliphatic rings. The van der Waals surface area contributed by atoms with E-state index in [1.165, 1.54) is 5.56 Å². The molecule has 0 spiro atoms. The van der Waals surface area contributed by atoms with Crippen LogP contribution in [0.5, 0.6) is 0 Å². The third-order valence-electron chi connectivity index (χ3n) is 5.49. The number of carbonyl (C=O) groups excluding carboxylic acids is 2. The number of nitrogens with one attached hydrogen (secondary N) is 1. The first-order valence-electron chi connectivity index (χ1n) is 9.95. The summed E-state index contributed by atoms with van der Waals surface area (Å²) in [5.41, 5.74) is 5.38. The number of carbonyl (C=O) groups is 2. The van der Waals surface area contributed by atoms with Crippen LogP contribution in [0.15, 0.2) is 60.7 Å². The summed E-state index contributed by atoms with van der Waals surface area (Å²) in [5.74, 6) is 0.000226. The van der Waals surface area contributed by atoms with Crippen LogP contribution in [-0.2, 0) is 11.3 Å². The minimum atomic E-state index is -0.137. The van der Waals surface area contributed by atoms with Crippen molar-refractivity contribution in [3.8, 4) is 0 Å². The van der Waals surface area contributed by atoms with Gasteiger partial charge in [0.1, 0.15) is 0 Å². The smallest absolute Gasteiger partial charge is 0.257 e. The topological polar surface area (TPSA) is 54.3 Å². The van der Waals surface area contributed by atoms with Crippen LogP contribution in [0.1, 0.15) is 40.2 Å². The van der Waals surface area contributed by atoms with Crippen LogP contribution >= 0.6 is 0 Å². The number of amides is 2. The van der Waals surface area contributed by atoms with Crippen molar-refractivity contribution in [1.82, 2.24) is 4.57 Å². The van der Waals surface area contributed by atoms with Crippen LogP contribution in [0.2, 0.25) is 0 Å². The maximum Gasteiger partial charge on any atom is 0.257 e. The minimum Gasteiger partial charge on any atom is -0.344 e.